The fourth-order valence-corrected chi connectivity index (χ4v) is 3.73. The van der Waals surface area contributed by atoms with E-state index in [0.717, 1.165) is 48.6 Å². The number of amides is 1. The molecule has 1 N–H and O–H groups in total. The molecule has 0 unspecified atom stereocenters. The minimum absolute atomic E-state index is 0.185. The zero-order valence-electron chi connectivity index (χ0n) is 15.3. The van der Waals surface area contributed by atoms with Crippen molar-refractivity contribution in [2.45, 2.75) is 38.5 Å². The molecular weight excluding hydrogens is 328 g/mol. The molecule has 3 aromatic rings. The maximum absolute atomic E-state index is 12.6. The molecule has 1 aromatic carbocycles. The third-order valence-electron chi connectivity index (χ3n) is 5.26. The van der Waals surface area contributed by atoms with Gasteiger partial charge >= 0.3 is 0 Å². The first-order valence-corrected chi connectivity index (χ1v) is 9.17. The molecule has 26 heavy (non-hydrogen) atoms. The Labute approximate surface area is 152 Å². The van der Waals surface area contributed by atoms with Gasteiger partial charge in [-0.05, 0) is 31.4 Å². The van der Waals surface area contributed by atoms with E-state index in [1.54, 1.807) is 6.33 Å². The molecule has 0 bridgehead atoms. The molecule has 1 saturated heterocycles. The number of H-pyrrole nitrogens is 1. The van der Waals surface area contributed by atoms with Gasteiger partial charge in [0.15, 0.2) is 0 Å². The molecule has 1 amide bonds. The second-order valence-electron chi connectivity index (χ2n) is 7.13. The Morgan fingerprint density at radius 2 is 2.27 bits per heavy atom. The topological polar surface area (TPSA) is 79.7 Å². The van der Waals surface area contributed by atoms with Crippen LogP contribution in [0.1, 0.15) is 42.4 Å². The molecule has 0 spiro atoms. The summed E-state index contributed by atoms with van der Waals surface area (Å²) < 4.78 is 1.86. The van der Waals surface area contributed by atoms with Gasteiger partial charge in [0.25, 0.3) is 0 Å². The summed E-state index contributed by atoms with van der Waals surface area (Å²) in [5, 5.41) is 7.92. The van der Waals surface area contributed by atoms with Gasteiger partial charge in [0.1, 0.15) is 18.0 Å². The number of carbonyl (C=O) groups is 1. The monoisotopic (exact) mass is 352 g/mol. The number of aryl methyl sites for hydroxylation is 3. The van der Waals surface area contributed by atoms with E-state index in [-0.39, 0.29) is 11.8 Å². The zero-order valence-corrected chi connectivity index (χ0v) is 15.3. The molecule has 2 aromatic heterocycles. The Kier molecular flexibility index (Phi) is 4.44. The minimum atomic E-state index is 0.185. The SMILES string of the molecule is Cc1cccc2[nH]c([C@@H]3CCCN(C(=O)CCc4nncn4C)C3)nc12. The summed E-state index contributed by atoms with van der Waals surface area (Å²) >= 11 is 0. The maximum Gasteiger partial charge on any atom is 0.223 e. The van der Waals surface area contributed by atoms with Crippen LogP contribution >= 0.6 is 0 Å². The van der Waals surface area contributed by atoms with E-state index in [0.29, 0.717) is 12.8 Å². The number of likely N-dealkylation sites (tertiary alicyclic amines) is 1. The van der Waals surface area contributed by atoms with E-state index in [4.69, 9.17) is 4.98 Å². The number of nitrogens with one attached hydrogen (secondary N) is 1. The summed E-state index contributed by atoms with van der Waals surface area (Å²) in [4.78, 5) is 22.9. The first-order chi connectivity index (χ1) is 12.6. The van der Waals surface area contributed by atoms with E-state index in [1.807, 2.05) is 22.6 Å². The fourth-order valence-electron chi connectivity index (χ4n) is 3.73. The summed E-state index contributed by atoms with van der Waals surface area (Å²) in [5.74, 6) is 2.30. The number of imidazole rings is 1. The van der Waals surface area contributed by atoms with Crippen molar-refractivity contribution < 1.29 is 4.79 Å². The number of para-hydroxylation sites is 1. The van der Waals surface area contributed by atoms with Crippen LogP contribution in [0.2, 0.25) is 0 Å². The van der Waals surface area contributed by atoms with Crippen LogP contribution in [-0.2, 0) is 18.3 Å². The first-order valence-electron chi connectivity index (χ1n) is 9.17. The van der Waals surface area contributed by atoms with Crippen molar-refractivity contribution in [2.75, 3.05) is 13.1 Å². The lowest BCUT2D eigenvalue weighted by Crippen LogP contribution is -2.39. The van der Waals surface area contributed by atoms with Gasteiger partial charge < -0.3 is 14.5 Å². The van der Waals surface area contributed by atoms with Gasteiger partial charge in [0.2, 0.25) is 5.91 Å². The van der Waals surface area contributed by atoms with Crippen molar-refractivity contribution in [1.82, 2.24) is 29.6 Å². The lowest BCUT2D eigenvalue weighted by molar-refractivity contribution is -0.132. The normalized spacial score (nSPS) is 17.8. The number of benzene rings is 1. The lowest BCUT2D eigenvalue weighted by atomic mass is 9.97. The number of nitrogens with zero attached hydrogens (tertiary/aromatic N) is 5. The summed E-state index contributed by atoms with van der Waals surface area (Å²) in [6.07, 6.45) is 4.83. The van der Waals surface area contributed by atoms with E-state index in [2.05, 4.69) is 34.2 Å². The molecule has 4 rings (SSSR count). The van der Waals surface area contributed by atoms with E-state index < -0.39 is 0 Å². The van der Waals surface area contributed by atoms with E-state index >= 15 is 0 Å². The number of piperidine rings is 1. The smallest absolute Gasteiger partial charge is 0.223 e. The molecule has 3 heterocycles. The molecule has 1 aliphatic heterocycles. The van der Waals surface area contributed by atoms with Gasteiger partial charge in [0.05, 0.1) is 11.0 Å². The van der Waals surface area contributed by atoms with Crippen LogP contribution in [0.4, 0.5) is 0 Å². The van der Waals surface area contributed by atoms with Crippen molar-refractivity contribution in [3.8, 4) is 0 Å². The van der Waals surface area contributed by atoms with Crippen LogP contribution in [0.5, 0.6) is 0 Å². The molecule has 0 radical (unpaired) electrons. The predicted molar refractivity (Wildman–Crippen MR) is 98.7 cm³/mol. The number of hydrogen-bond donors (Lipinski definition) is 1. The summed E-state index contributed by atoms with van der Waals surface area (Å²) in [6, 6.07) is 6.18. The quantitative estimate of drug-likeness (QED) is 0.781. The number of hydrogen-bond acceptors (Lipinski definition) is 4. The van der Waals surface area contributed by atoms with Gasteiger partial charge in [0, 0.05) is 38.9 Å². The zero-order chi connectivity index (χ0) is 18.1. The Balaban J connectivity index is 1.44. The highest BCUT2D eigenvalue weighted by Gasteiger charge is 2.27. The molecule has 0 saturated carbocycles. The van der Waals surface area contributed by atoms with Crippen LogP contribution in [-0.4, -0.2) is 48.6 Å². The maximum atomic E-state index is 12.6. The second-order valence-corrected chi connectivity index (χ2v) is 7.13. The average molecular weight is 352 g/mol. The third-order valence-corrected chi connectivity index (χ3v) is 5.26. The van der Waals surface area contributed by atoms with Gasteiger partial charge in [-0.25, -0.2) is 4.98 Å². The predicted octanol–water partition coefficient (Wildman–Crippen LogP) is 2.34. The average Bonchev–Trinajstić information content (AvgIpc) is 3.27. The van der Waals surface area contributed by atoms with Crippen LogP contribution in [0.25, 0.3) is 11.0 Å². The lowest BCUT2D eigenvalue weighted by Gasteiger charge is -2.32. The highest BCUT2D eigenvalue weighted by molar-refractivity contribution is 5.79. The van der Waals surface area contributed by atoms with Gasteiger partial charge in [-0.2, -0.15) is 0 Å². The number of aromatic nitrogens is 5. The highest BCUT2D eigenvalue weighted by Crippen LogP contribution is 2.28. The Hall–Kier alpha value is -2.70. The Morgan fingerprint density at radius 3 is 3.04 bits per heavy atom. The van der Waals surface area contributed by atoms with E-state index in [9.17, 15) is 4.79 Å². The van der Waals surface area contributed by atoms with E-state index in [1.165, 1.54) is 5.56 Å². The van der Waals surface area contributed by atoms with Gasteiger partial charge in [-0.3, -0.25) is 4.79 Å². The van der Waals surface area contributed by atoms with Crippen LogP contribution in [0.3, 0.4) is 0 Å². The Morgan fingerprint density at radius 1 is 1.38 bits per heavy atom. The highest BCUT2D eigenvalue weighted by atomic mass is 16.2. The molecule has 1 atom stereocenters. The van der Waals surface area contributed by atoms with Crippen molar-refractivity contribution in [2.24, 2.45) is 7.05 Å². The van der Waals surface area contributed by atoms with Gasteiger partial charge in [-0.1, -0.05) is 12.1 Å². The van der Waals surface area contributed by atoms with Crippen molar-refractivity contribution in [3.63, 3.8) is 0 Å². The minimum Gasteiger partial charge on any atom is -0.342 e. The standard InChI is InChI=1S/C19H24N6O/c1-13-5-3-7-15-18(13)22-19(21-15)14-6-4-10-25(11-14)17(26)9-8-16-23-20-12-24(16)2/h3,5,7,12,14H,4,6,8-11H2,1-2H3,(H,21,22)/t14-/m1/s1. The molecule has 1 aliphatic rings. The molecule has 136 valence electrons. The number of fused-ring (bicyclic) bond motifs is 1. The van der Waals surface area contributed by atoms with Gasteiger partial charge in [-0.15, -0.1) is 10.2 Å². The number of aromatic amines is 1. The van der Waals surface area contributed by atoms with Crippen LogP contribution in [0, 0.1) is 6.92 Å². The molecule has 7 heteroatoms. The number of carbonyl (C=O) groups excluding carboxylic acids is 1. The summed E-state index contributed by atoms with van der Waals surface area (Å²) in [7, 11) is 1.90. The molecule has 1 fully saturated rings. The van der Waals surface area contributed by atoms with Crippen molar-refractivity contribution >= 4 is 16.9 Å². The summed E-state index contributed by atoms with van der Waals surface area (Å²) in [6.45, 7) is 3.64. The Bertz CT molecular complexity index is 927. The fraction of sp³-hybridized carbons (Fsp3) is 0.474. The summed E-state index contributed by atoms with van der Waals surface area (Å²) in [5.41, 5.74) is 3.29. The number of rotatable bonds is 4. The van der Waals surface area contributed by atoms with Crippen LogP contribution in [0.15, 0.2) is 24.5 Å². The molecule has 0 aliphatic carbocycles. The van der Waals surface area contributed by atoms with Crippen molar-refractivity contribution in [1.29, 1.82) is 0 Å². The second kappa shape index (κ2) is 6.90. The molecule has 7 nitrogen and oxygen atoms in total. The molecular formula is C19H24N6O. The first kappa shape index (κ1) is 16.8. The van der Waals surface area contributed by atoms with Crippen molar-refractivity contribution in [3.05, 3.63) is 41.7 Å². The third kappa shape index (κ3) is 3.21. The van der Waals surface area contributed by atoms with Crippen LogP contribution < -0.4 is 0 Å². The largest absolute Gasteiger partial charge is 0.342 e.